The zero-order valence-corrected chi connectivity index (χ0v) is 7.06. The quantitative estimate of drug-likeness (QED) is 0.713. The van der Waals surface area contributed by atoms with Crippen LogP contribution in [0.5, 0.6) is 0 Å². The number of carbonyl (C=O) groups is 1. The number of carboxylic acid groups (broad SMARTS) is 1. The van der Waals surface area contributed by atoms with Crippen LogP contribution in [0.15, 0.2) is 24.4 Å². The van der Waals surface area contributed by atoms with Crippen LogP contribution in [0.2, 0.25) is 0 Å². The summed E-state index contributed by atoms with van der Waals surface area (Å²) in [4.78, 5) is 10.8. The van der Waals surface area contributed by atoms with Gasteiger partial charge in [0.05, 0.1) is 16.8 Å². The van der Waals surface area contributed by atoms with E-state index in [0.29, 0.717) is 5.52 Å². The average Bonchev–Trinajstić information content (AvgIpc) is 2.43. The molecule has 2 heterocycles. The standard InChI is InChI=1S/C9H8N2O2/c1-6-5-8-7(9(12)13)3-2-4-11(8)10-6/h2-5H,1H3,(H,12,13). The molecule has 1 N–H and O–H groups in total. The summed E-state index contributed by atoms with van der Waals surface area (Å²) in [7, 11) is 0. The summed E-state index contributed by atoms with van der Waals surface area (Å²) in [6, 6.07) is 4.99. The lowest BCUT2D eigenvalue weighted by molar-refractivity contribution is 0.0698. The van der Waals surface area contributed by atoms with E-state index in [1.807, 2.05) is 6.92 Å². The maximum atomic E-state index is 10.8. The highest BCUT2D eigenvalue weighted by Crippen LogP contribution is 2.11. The van der Waals surface area contributed by atoms with Gasteiger partial charge < -0.3 is 5.11 Å². The molecular weight excluding hydrogens is 168 g/mol. The number of aryl methyl sites for hydroxylation is 1. The van der Waals surface area contributed by atoms with Gasteiger partial charge in [0.1, 0.15) is 0 Å². The molecule has 4 nitrogen and oxygen atoms in total. The van der Waals surface area contributed by atoms with Crippen LogP contribution in [0.3, 0.4) is 0 Å². The van der Waals surface area contributed by atoms with Crippen LogP contribution >= 0.6 is 0 Å². The SMILES string of the molecule is Cc1cc2c(C(=O)O)cccn2n1. The van der Waals surface area contributed by atoms with E-state index in [9.17, 15) is 4.79 Å². The third-order valence-electron chi connectivity index (χ3n) is 1.85. The number of aromatic nitrogens is 2. The summed E-state index contributed by atoms with van der Waals surface area (Å²) in [5, 5.41) is 13.0. The Labute approximate surface area is 74.4 Å². The molecule has 0 amide bonds. The highest BCUT2D eigenvalue weighted by Gasteiger charge is 2.08. The van der Waals surface area contributed by atoms with Gasteiger partial charge in [0, 0.05) is 6.20 Å². The van der Waals surface area contributed by atoms with Crippen molar-refractivity contribution < 1.29 is 9.90 Å². The minimum absolute atomic E-state index is 0.281. The molecular formula is C9H8N2O2. The van der Waals surface area contributed by atoms with E-state index in [4.69, 9.17) is 5.11 Å². The van der Waals surface area contributed by atoms with E-state index in [0.717, 1.165) is 5.69 Å². The molecule has 2 aromatic heterocycles. The molecule has 2 aromatic rings. The molecule has 4 heteroatoms. The van der Waals surface area contributed by atoms with Crippen LogP contribution < -0.4 is 0 Å². The predicted molar refractivity (Wildman–Crippen MR) is 46.9 cm³/mol. The summed E-state index contributed by atoms with van der Waals surface area (Å²) in [6.07, 6.45) is 1.73. The Balaban J connectivity index is 2.82. The lowest BCUT2D eigenvalue weighted by Crippen LogP contribution is -1.99. The van der Waals surface area contributed by atoms with E-state index in [-0.39, 0.29) is 5.56 Å². The zero-order chi connectivity index (χ0) is 9.42. The summed E-state index contributed by atoms with van der Waals surface area (Å²) >= 11 is 0. The Hall–Kier alpha value is -1.84. The zero-order valence-electron chi connectivity index (χ0n) is 7.06. The minimum Gasteiger partial charge on any atom is -0.478 e. The van der Waals surface area contributed by atoms with Crippen molar-refractivity contribution in [1.29, 1.82) is 0 Å². The molecule has 66 valence electrons. The Bertz CT molecular complexity index is 473. The first-order valence-electron chi connectivity index (χ1n) is 3.87. The third-order valence-corrected chi connectivity index (χ3v) is 1.85. The largest absolute Gasteiger partial charge is 0.478 e. The van der Waals surface area contributed by atoms with Gasteiger partial charge in [-0.2, -0.15) is 5.10 Å². The van der Waals surface area contributed by atoms with Crippen molar-refractivity contribution in [3.05, 3.63) is 35.7 Å². The van der Waals surface area contributed by atoms with Crippen LogP contribution in [-0.4, -0.2) is 20.7 Å². The van der Waals surface area contributed by atoms with Crippen molar-refractivity contribution >= 4 is 11.5 Å². The number of nitrogens with zero attached hydrogens (tertiary/aromatic N) is 2. The average molecular weight is 176 g/mol. The molecule has 0 saturated carbocycles. The fourth-order valence-electron chi connectivity index (χ4n) is 1.32. The Morgan fingerprint density at radius 3 is 3.08 bits per heavy atom. The van der Waals surface area contributed by atoms with E-state index >= 15 is 0 Å². The van der Waals surface area contributed by atoms with Gasteiger partial charge in [-0.25, -0.2) is 9.31 Å². The highest BCUT2D eigenvalue weighted by molar-refractivity contribution is 5.95. The van der Waals surface area contributed by atoms with Gasteiger partial charge in [-0.05, 0) is 25.1 Å². The van der Waals surface area contributed by atoms with Crippen LogP contribution in [0.25, 0.3) is 5.52 Å². The first kappa shape index (κ1) is 7.79. The van der Waals surface area contributed by atoms with Gasteiger partial charge in [0.25, 0.3) is 0 Å². The predicted octanol–water partition coefficient (Wildman–Crippen LogP) is 1.34. The van der Waals surface area contributed by atoms with Crippen molar-refractivity contribution in [2.24, 2.45) is 0 Å². The van der Waals surface area contributed by atoms with E-state index in [1.54, 1.807) is 28.9 Å². The third kappa shape index (κ3) is 1.16. The second-order valence-corrected chi connectivity index (χ2v) is 2.84. The summed E-state index contributed by atoms with van der Waals surface area (Å²) in [6.45, 7) is 1.83. The van der Waals surface area contributed by atoms with E-state index in [1.165, 1.54) is 0 Å². The molecule has 13 heavy (non-hydrogen) atoms. The van der Waals surface area contributed by atoms with Gasteiger partial charge in [-0.15, -0.1) is 0 Å². The number of hydrogen-bond donors (Lipinski definition) is 1. The van der Waals surface area contributed by atoms with E-state index in [2.05, 4.69) is 5.10 Å². The van der Waals surface area contributed by atoms with Crippen LogP contribution in [0.1, 0.15) is 16.1 Å². The number of hydrogen-bond acceptors (Lipinski definition) is 2. The van der Waals surface area contributed by atoms with Crippen molar-refractivity contribution in [2.45, 2.75) is 6.92 Å². The van der Waals surface area contributed by atoms with Gasteiger partial charge in [-0.1, -0.05) is 0 Å². The smallest absolute Gasteiger partial charge is 0.337 e. The molecule has 2 rings (SSSR count). The molecule has 0 bridgehead atoms. The normalized spacial score (nSPS) is 10.5. The maximum absolute atomic E-state index is 10.8. The number of rotatable bonds is 1. The molecule has 0 saturated heterocycles. The highest BCUT2D eigenvalue weighted by atomic mass is 16.4. The lowest BCUT2D eigenvalue weighted by atomic mass is 10.2. The van der Waals surface area contributed by atoms with E-state index < -0.39 is 5.97 Å². The van der Waals surface area contributed by atoms with Gasteiger partial charge in [0.2, 0.25) is 0 Å². The topological polar surface area (TPSA) is 54.6 Å². The second-order valence-electron chi connectivity index (χ2n) is 2.84. The molecule has 0 aromatic carbocycles. The Morgan fingerprint density at radius 1 is 1.62 bits per heavy atom. The monoisotopic (exact) mass is 176 g/mol. The molecule has 0 fully saturated rings. The van der Waals surface area contributed by atoms with Crippen LogP contribution in [0, 0.1) is 6.92 Å². The van der Waals surface area contributed by atoms with Crippen molar-refractivity contribution in [2.75, 3.05) is 0 Å². The van der Waals surface area contributed by atoms with Crippen LogP contribution in [0.4, 0.5) is 0 Å². The van der Waals surface area contributed by atoms with Gasteiger partial charge in [0.15, 0.2) is 0 Å². The van der Waals surface area contributed by atoms with Crippen LogP contribution in [-0.2, 0) is 0 Å². The summed E-state index contributed by atoms with van der Waals surface area (Å²) in [5.41, 5.74) is 1.73. The molecule has 0 atom stereocenters. The Morgan fingerprint density at radius 2 is 2.38 bits per heavy atom. The number of aromatic carboxylic acids is 1. The first-order chi connectivity index (χ1) is 6.18. The fraction of sp³-hybridized carbons (Fsp3) is 0.111. The van der Waals surface area contributed by atoms with Crippen molar-refractivity contribution in [3.8, 4) is 0 Å². The molecule has 0 unspecified atom stereocenters. The Kier molecular flexibility index (Phi) is 1.55. The number of pyridine rings is 1. The molecule has 0 aliphatic carbocycles. The summed E-state index contributed by atoms with van der Waals surface area (Å²) < 4.78 is 1.57. The fourth-order valence-corrected chi connectivity index (χ4v) is 1.32. The maximum Gasteiger partial charge on any atom is 0.337 e. The second kappa shape index (κ2) is 2.58. The summed E-state index contributed by atoms with van der Waals surface area (Å²) in [5.74, 6) is -0.925. The lowest BCUT2D eigenvalue weighted by Gasteiger charge is -1.96. The molecule has 0 spiro atoms. The molecule has 0 radical (unpaired) electrons. The van der Waals surface area contributed by atoms with Crippen molar-refractivity contribution in [1.82, 2.24) is 9.61 Å². The molecule has 0 aliphatic rings. The number of fused-ring (bicyclic) bond motifs is 1. The van der Waals surface area contributed by atoms with Gasteiger partial charge >= 0.3 is 5.97 Å². The molecule has 0 aliphatic heterocycles. The number of carboxylic acids is 1. The minimum atomic E-state index is -0.925. The van der Waals surface area contributed by atoms with Crippen molar-refractivity contribution in [3.63, 3.8) is 0 Å². The first-order valence-corrected chi connectivity index (χ1v) is 3.87. The van der Waals surface area contributed by atoms with Gasteiger partial charge in [-0.3, -0.25) is 0 Å².